The van der Waals surface area contributed by atoms with Crippen molar-refractivity contribution in [1.29, 1.82) is 0 Å². The fraction of sp³-hybridized carbons (Fsp3) is 0.391. The number of pyridine rings is 1. The van der Waals surface area contributed by atoms with Crippen molar-refractivity contribution in [2.45, 2.75) is 46.1 Å². The van der Waals surface area contributed by atoms with Gasteiger partial charge in [-0.2, -0.15) is 5.10 Å². The van der Waals surface area contributed by atoms with Crippen LogP contribution in [0.2, 0.25) is 0 Å². The highest BCUT2D eigenvalue weighted by molar-refractivity contribution is 6.06. The Morgan fingerprint density at radius 2 is 1.90 bits per heavy atom. The summed E-state index contributed by atoms with van der Waals surface area (Å²) in [7, 11) is 1.86. The standard InChI is InChI=1S/C23H27N5O2/c1-13(2)22(29)25-17-9-5-15(6-10-17)12-24-23(30)18-11-19(16-7-8-16)26-21-20(18)14(3)27-28(21)4/h5-6,9-11,13,16H,7-8,12H2,1-4H3,(H,24,30)(H,25,29). The summed E-state index contributed by atoms with van der Waals surface area (Å²) in [5.74, 6) is 0.232. The molecule has 3 aromatic rings. The average molecular weight is 406 g/mol. The first kappa shape index (κ1) is 20.1. The van der Waals surface area contributed by atoms with Crippen LogP contribution in [0.5, 0.6) is 0 Å². The summed E-state index contributed by atoms with van der Waals surface area (Å²) in [5.41, 5.74) is 4.88. The van der Waals surface area contributed by atoms with E-state index in [9.17, 15) is 9.59 Å². The molecule has 0 atom stereocenters. The number of aromatic nitrogens is 3. The molecule has 30 heavy (non-hydrogen) atoms. The Kier molecular flexibility index (Phi) is 5.28. The molecule has 0 bridgehead atoms. The minimum Gasteiger partial charge on any atom is -0.348 e. The van der Waals surface area contributed by atoms with Gasteiger partial charge in [0.05, 0.1) is 16.6 Å². The second-order valence-electron chi connectivity index (χ2n) is 8.30. The number of fused-ring (bicyclic) bond motifs is 1. The topological polar surface area (TPSA) is 88.9 Å². The number of hydrogen-bond acceptors (Lipinski definition) is 4. The van der Waals surface area contributed by atoms with Crippen molar-refractivity contribution in [3.8, 4) is 0 Å². The van der Waals surface area contributed by atoms with Gasteiger partial charge in [-0.15, -0.1) is 0 Å². The summed E-state index contributed by atoms with van der Waals surface area (Å²) in [6.07, 6.45) is 2.24. The number of hydrogen-bond donors (Lipinski definition) is 2. The van der Waals surface area contributed by atoms with Crippen LogP contribution < -0.4 is 10.6 Å². The van der Waals surface area contributed by atoms with Crippen molar-refractivity contribution >= 4 is 28.5 Å². The third-order valence-corrected chi connectivity index (χ3v) is 5.43. The molecule has 0 spiro atoms. The maximum atomic E-state index is 13.0. The summed E-state index contributed by atoms with van der Waals surface area (Å²) in [6, 6.07) is 9.44. The van der Waals surface area contributed by atoms with Crippen molar-refractivity contribution in [2.24, 2.45) is 13.0 Å². The van der Waals surface area contributed by atoms with Crippen LogP contribution in [0.15, 0.2) is 30.3 Å². The van der Waals surface area contributed by atoms with Gasteiger partial charge in [0.1, 0.15) is 0 Å². The molecule has 2 heterocycles. The van der Waals surface area contributed by atoms with Gasteiger partial charge in [-0.1, -0.05) is 26.0 Å². The van der Waals surface area contributed by atoms with Gasteiger partial charge >= 0.3 is 0 Å². The van der Waals surface area contributed by atoms with Crippen LogP contribution in [0.1, 0.15) is 59.9 Å². The molecule has 0 saturated heterocycles. The zero-order chi connectivity index (χ0) is 21.4. The van der Waals surface area contributed by atoms with Gasteiger partial charge in [0, 0.05) is 36.8 Å². The summed E-state index contributed by atoms with van der Waals surface area (Å²) < 4.78 is 1.75. The molecule has 4 rings (SSSR count). The largest absolute Gasteiger partial charge is 0.348 e. The SMILES string of the molecule is Cc1nn(C)c2nc(C3CC3)cc(C(=O)NCc3ccc(NC(=O)C(C)C)cc3)c12. The normalized spacial score (nSPS) is 13.6. The van der Waals surface area contributed by atoms with Crippen molar-refractivity contribution in [3.63, 3.8) is 0 Å². The van der Waals surface area contributed by atoms with Gasteiger partial charge in [0.2, 0.25) is 5.91 Å². The molecule has 156 valence electrons. The smallest absolute Gasteiger partial charge is 0.252 e. The zero-order valence-corrected chi connectivity index (χ0v) is 17.8. The molecule has 2 amide bonds. The lowest BCUT2D eigenvalue weighted by atomic mass is 10.1. The molecule has 0 radical (unpaired) electrons. The first-order valence-corrected chi connectivity index (χ1v) is 10.4. The van der Waals surface area contributed by atoms with Crippen molar-refractivity contribution in [2.75, 3.05) is 5.32 Å². The lowest BCUT2D eigenvalue weighted by molar-refractivity contribution is -0.118. The van der Waals surface area contributed by atoms with E-state index in [1.165, 1.54) is 0 Å². The lowest BCUT2D eigenvalue weighted by Crippen LogP contribution is -2.23. The minimum absolute atomic E-state index is 0.0175. The van der Waals surface area contributed by atoms with Gasteiger partial charge in [-0.25, -0.2) is 4.98 Å². The molecule has 1 aliphatic rings. The molecule has 1 aromatic carbocycles. The predicted octanol–water partition coefficient (Wildman–Crippen LogP) is 3.68. The minimum atomic E-state index is -0.127. The van der Waals surface area contributed by atoms with Gasteiger partial charge in [0.15, 0.2) is 5.65 Å². The van der Waals surface area contributed by atoms with Crippen LogP contribution in [0.3, 0.4) is 0 Å². The van der Waals surface area contributed by atoms with E-state index in [-0.39, 0.29) is 17.7 Å². The lowest BCUT2D eigenvalue weighted by Gasteiger charge is -2.10. The predicted molar refractivity (Wildman–Crippen MR) is 116 cm³/mol. The van der Waals surface area contributed by atoms with E-state index in [1.54, 1.807) is 4.68 Å². The molecule has 1 fully saturated rings. The maximum absolute atomic E-state index is 13.0. The van der Waals surface area contributed by atoms with Gasteiger partial charge in [0.25, 0.3) is 5.91 Å². The van der Waals surface area contributed by atoms with Gasteiger partial charge in [-0.3, -0.25) is 14.3 Å². The number of amides is 2. The molecule has 2 aromatic heterocycles. The fourth-order valence-corrected chi connectivity index (χ4v) is 3.50. The van der Waals surface area contributed by atoms with Crippen LogP contribution in [-0.2, 0) is 18.4 Å². The Balaban J connectivity index is 1.50. The maximum Gasteiger partial charge on any atom is 0.252 e. The van der Waals surface area contributed by atoms with Crippen molar-refractivity contribution in [1.82, 2.24) is 20.1 Å². The molecule has 7 nitrogen and oxygen atoms in total. The number of nitrogens with zero attached hydrogens (tertiary/aromatic N) is 3. The molecule has 0 aliphatic heterocycles. The summed E-state index contributed by atoms with van der Waals surface area (Å²) >= 11 is 0. The fourth-order valence-electron chi connectivity index (χ4n) is 3.50. The number of rotatable bonds is 6. The number of benzene rings is 1. The summed E-state index contributed by atoms with van der Waals surface area (Å²) in [5, 5.41) is 11.2. The van der Waals surface area contributed by atoms with Crippen LogP contribution in [-0.4, -0.2) is 26.6 Å². The third kappa shape index (κ3) is 4.06. The molecule has 2 N–H and O–H groups in total. The second-order valence-corrected chi connectivity index (χ2v) is 8.30. The Morgan fingerprint density at radius 1 is 1.20 bits per heavy atom. The van der Waals surface area contributed by atoms with Crippen molar-refractivity contribution < 1.29 is 9.59 Å². The van der Waals surface area contributed by atoms with E-state index in [4.69, 9.17) is 4.98 Å². The monoisotopic (exact) mass is 405 g/mol. The van der Waals surface area contributed by atoms with Gasteiger partial charge < -0.3 is 10.6 Å². The van der Waals surface area contributed by atoms with E-state index in [0.29, 0.717) is 18.0 Å². The first-order chi connectivity index (χ1) is 14.3. The second kappa shape index (κ2) is 7.89. The number of aryl methyl sites for hydroxylation is 2. The third-order valence-electron chi connectivity index (χ3n) is 5.43. The van der Waals surface area contributed by atoms with Crippen molar-refractivity contribution in [3.05, 3.63) is 52.8 Å². The first-order valence-electron chi connectivity index (χ1n) is 10.4. The Labute approximate surface area is 175 Å². The van der Waals surface area contributed by atoms with E-state index < -0.39 is 0 Å². The highest BCUT2D eigenvalue weighted by Gasteiger charge is 2.28. The molecule has 0 unspecified atom stereocenters. The quantitative estimate of drug-likeness (QED) is 0.655. The van der Waals surface area contributed by atoms with E-state index in [1.807, 2.05) is 58.2 Å². The molecular weight excluding hydrogens is 378 g/mol. The molecule has 1 aliphatic carbocycles. The molecular formula is C23H27N5O2. The summed E-state index contributed by atoms with van der Waals surface area (Å²) in [6.45, 7) is 6.02. The van der Waals surface area contributed by atoms with E-state index in [2.05, 4.69) is 15.7 Å². The highest BCUT2D eigenvalue weighted by atomic mass is 16.2. The van der Waals surface area contributed by atoms with E-state index >= 15 is 0 Å². The molecule has 1 saturated carbocycles. The number of carbonyl (C=O) groups is 2. The average Bonchev–Trinajstić information content (AvgIpc) is 3.53. The van der Waals surface area contributed by atoms with E-state index in [0.717, 1.165) is 46.5 Å². The van der Waals surface area contributed by atoms with Crippen LogP contribution >= 0.6 is 0 Å². The number of nitrogens with one attached hydrogen (secondary N) is 2. The Morgan fingerprint density at radius 3 is 2.53 bits per heavy atom. The molecule has 7 heteroatoms. The van der Waals surface area contributed by atoms with Crippen LogP contribution in [0.25, 0.3) is 11.0 Å². The Bertz CT molecular complexity index is 1110. The van der Waals surface area contributed by atoms with Crippen LogP contribution in [0, 0.1) is 12.8 Å². The van der Waals surface area contributed by atoms with Gasteiger partial charge in [-0.05, 0) is 43.5 Å². The number of anilines is 1. The number of carbonyl (C=O) groups excluding carboxylic acids is 2. The zero-order valence-electron chi connectivity index (χ0n) is 17.8. The summed E-state index contributed by atoms with van der Waals surface area (Å²) in [4.78, 5) is 29.6. The van der Waals surface area contributed by atoms with Crippen LogP contribution in [0.4, 0.5) is 5.69 Å². The Hall–Kier alpha value is -3.22. The highest BCUT2D eigenvalue weighted by Crippen LogP contribution is 2.40.